The lowest BCUT2D eigenvalue weighted by atomic mass is 9.97. The van der Waals surface area contributed by atoms with Crippen molar-refractivity contribution in [3.8, 4) is 17.0 Å². The molecule has 4 rings (SSSR count). The van der Waals surface area contributed by atoms with Crippen LogP contribution in [0.2, 0.25) is 5.02 Å². The molecule has 2 aliphatic heterocycles. The van der Waals surface area contributed by atoms with E-state index in [-0.39, 0.29) is 16.3 Å². The van der Waals surface area contributed by atoms with Crippen LogP contribution in [0.4, 0.5) is 10.2 Å². The predicted molar refractivity (Wildman–Crippen MR) is 102 cm³/mol. The molecule has 2 N–H and O–H groups in total. The van der Waals surface area contributed by atoms with E-state index in [4.69, 9.17) is 16.3 Å². The predicted octanol–water partition coefficient (Wildman–Crippen LogP) is 3.22. The summed E-state index contributed by atoms with van der Waals surface area (Å²) >= 11 is 5.82. The molecule has 0 bridgehead atoms. The fourth-order valence-electron chi connectivity index (χ4n) is 3.87. The van der Waals surface area contributed by atoms with Crippen LogP contribution in [0.1, 0.15) is 24.0 Å². The van der Waals surface area contributed by atoms with Gasteiger partial charge in [-0.15, -0.1) is 10.2 Å². The number of ether oxygens (including phenoxy) is 1. The van der Waals surface area contributed by atoms with E-state index in [1.807, 2.05) is 0 Å². The molecular weight excluding hydrogens is 371 g/mol. The molecule has 27 heavy (non-hydrogen) atoms. The number of likely N-dealkylation sites (N-methyl/N-ethyl adjacent to an activating group) is 1. The molecule has 144 valence electrons. The Labute approximate surface area is 162 Å². The number of fused-ring (bicyclic) bond motifs is 1. The first-order valence-corrected chi connectivity index (χ1v) is 9.50. The van der Waals surface area contributed by atoms with Crippen LogP contribution >= 0.6 is 11.6 Å². The molecule has 2 aromatic rings. The number of likely N-dealkylation sites (tertiary alicyclic amines) is 1. The van der Waals surface area contributed by atoms with Crippen LogP contribution in [0.25, 0.3) is 11.3 Å². The minimum Gasteiger partial charge on any atom is -0.507 e. The Hall–Kier alpha value is -1.96. The average molecular weight is 393 g/mol. The highest BCUT2D eigenvalue weighted by atomic mass is 35.5. The maximum atomic E-state index is 14.5. The van der Waals surface area contributed by atoms with Gasteiger partial charge in [-0.25, -0.2) is 4.39 Å². The second-order valence-corrected chi connectivity index (χ2v) is 7.62. The van der Waals surface area contributed by atoms with Gasteiger partial charge in [0.2, 0.25) is 0 Å². The molecule has 1 atom stereocenters. The zero-order valence-corrected chi connectivity index (χ0v) is 15.9. The molecule has 1 aromatic heterocycles. The summed E-state index contributed by atoms with van der Waals surface area (Å²) in [6, 6.07) is 2.77. The highest BCUT2D eigenvalue weighted by molar-refractivity contribution is 6.30. The number of nitrogens with one attached hydrogen (secondary N) is 1. The number of benzene rings is 1. The smallest absolute Gasteiger partial charge is 0.152 e. The van der Waals surface area contributed by atoms with Gasteiger partial charge in [0.25, 0.3) is 0 Å². The third kappa shape index (κ3) is 3.72. The molecule has 0 aliphatic carbocycles. The maximum absolute atomic E-state index is 14.5. The second kappa shape index (κ2) is 7.58. The Kier molecular flexibility index (Phi) is 5.16. The van der Waals surface area contributed by atoms with Gasteiger partial charge < -0.3 is 20.1 Å². The van der Waals surface area contributed by atoms with Crippen molar-refractivity contribution in [2.24, 2.45) is 0 Å². The fourth-order valence-corrected chi connectivity index (χ4v) is 4.07. The number of phenols is 1. The van der Waals surface area contributed by atoms with E-state index in [0.717, 1.165) is 42.9 Å². The summed E-state index contributed by atoms with van der Waals surface area (Å²) in [6.07, 6.45) is 2.87. The maximum Gasteiger partial charge on any atom is 0.152 e. The second-order valence-electron chi connectivity index (χ2n) is 7.18. The van der Waals surface area contributed by atoms with Crippen molar-refractivity contribution in [3.63, 3.8) is 0 Å². The van der Waals surface area contributed by atoms with Gasteiger partial charge >= 0.3 is 0 Å². The average Bonchev–Trinajstić information content (AvgIpc) is 2.62. The van der Waals surface area contributed by atoms with E-state index in [1.54, 1.807) is 0 Å². The van der Waals surface area contributed by atoms with Crippen LogP contribution in [0.5, 0.6) is 5.75 Å². The zero-order chi connectivity index (χ0) is 19.0. The van der Waals surface area contributed by atoms with E-state index < -0.39 is 5.82 Å². The van der Waals surface area contributed by atoms with Crippen LogP contribution in [-0.2, 0) is 17.8 Å². The molecule has 1 fully saturated rings. The first kappa shape index (κ1) is 18.4. The van der Waals surface area contributed by atoms with E-state index in [0.29, 0.717) is 31.4 Å². The lowest BCUT2D eigenvalue weighted by molar-refractivity contribution is 0.111. The number of hydrogen-bond donors (Lipinski definition) is 2. The molecular formula is C19H22ClFN4O2. The van der Waals surface area contributed by atoms with Gasteiger partial charge in [0.1, 0.15) is 17.3 Å². The number of halogens is 2. The summed E-state index contributed by atoms with van der Waals surface area (Å²) in [6.45, 7) is 2.93. The molecule has 0 radical (unpaired) electrons. The summed E-state index contributed by atoms with van der Waals surface area (Å²) in [4.78, 5) is 2.29. The molecule has 8 heteroatoms. The van der Waals surface area contributed by atoms with Crippen molar-refractivity contribution in [2.45, 2.75) is 31.9 Å². The Balaban J connectivity index is 1.73. The van der Waals surface area contributed by atoms with Gasteiger partial charge in [-0.3, -0.25) is 0 Å². The lowest BCUT2D eigenvalue weighted by Gasteiger charge is -2.31. The number of phenolic OH excluding ortho intramolecular Hbond substituents is 1. The first-order valence-electron chi connectivity index (χ1n) is 9.12. The van der Waals surface area contributed by atoms with Crippen molar-refractivity contribution in [1.29, 1.82) is 0 Å². The molecule has 6 nitrogen and oxygen atoms in total. The molecule has 0 unspecified atom stereocenters. The molecule has 3 heterocycles. The Bertz CT molecular complexity index is 841. The fraction of sp³-hybridized carbons (Fsp3) is 0.474. The quantitative estimate of drug-likeness (QED) is 0.835. The number of nitrogens with zero attached hydrogens (tertiary/aromatic N) is 3. The van der Waals surface area contributed by atoms with Crippen LogP contribution in [-0.4, -0.2) is 53.0 Å². The van der Waals surface area contributed by atoms with Crippen molar-refractivity contribution < 1.29 is 14.2 Å². The molecule has 2 aliphatic rings. The largest absolute Gasteiger partial charge is 0.507 e. The summed E-state index contributed by atoms with van der Waals surface area (Å²) in [7, 11) is 2.11. The van der Waals surface area contributed by atoms with Crippen molar-refractivity contribution >= 4 is 17.4 Å². The number of anilines is 1. The molecule has 0 saturated carbocycles. The number of aromatic hydroxyl groups is 1. The van der Waals surface area contributed by atoms with E-state index in [1.165, 1.54) is 12.1 Å². The standard InChI is InChI=1S/C19H22ClFN4O2/c1-25-5-2-3-12(9-25)22-19-13-4-6-27-10-14(13)18(23-24-19)17-15(21)7-11(20)8-16(17)26/h7-8,12,26H,2-6,9-10H2,1H3,(H,22,24)/t12-/m1/s1. The minimum absolute atomic E-state index is 0.0117. The van der Waals surface area contributed by atoms with Gasteiger partial charge in [-0.1, -0.05) is 11.6 Å². The summed E-state index contributed by atoms with van der Waals surface area (Å²) < 4.78 is 20.1. The van der Waals surface area contributed by atoms with Crippen molar-refractivity contribution in [2.75, 3.05) is 32.1 Å². The molecule has 1 aromatic carbocycles. The summed E-state index contributed by atoms with van der Waals surface area (Å²) in [5.41, 5.74) is 2.06. The van der Waals surface area contributed by atoms with Gasteiger partial charge in [-0.05, 0) is 45.0 Å². The third-order valence-corrected chi connectivity index (χ3v) is 5.38. The summed E-state index contributed by atoms with van der Waals surface area (Å²) in [5, 5.41) is 22.5. The number of piperidine rings is 1. The number of rotatable bonds is 3. The van der Waals surface area contributed by atoms with Crippen LogP contribution in [0, 0.1) is 5.82 Å². The van der Waals surface area contributed by atoms with Crippen LogP contribution < -0.4 is 5.32 Å². The normalized spacial score (nSPS) is 20.3. The summed E-state index contributed by atoms with van der Waals surface area (Å²) in [5.74, 6) is -0.153. The van der Waals surface area contributed by atoms with E-state index in [2.05, 4.69) is 27.5 Å². The van der Waals surface area contributed by atoms with Crippen molar-refractivity contribution in [1.82, 2.24) is 15.1 Å². The van der Waals surface area contributed by atoms with Crippen LogP contribution in [0.3, 0.4) is 0 Å². The van der Waals surface area contributed by atoms with Gasteiger partial charge in [0, 0.05) is 28.7 Å². The number of aromatic nitrogens is 2. The van der Waals surface area contributed by atoms with E-state index in [9.17, 15) is 9.50 Å². The lowest BCUT2D eigenvalue weighted by Crippen LogP contribution is -2.40. The van der Waals surface area contributed by atoms with Gasteiger partial charge in [0.05, 0.1) is 18.8 Å². The zero-order valence-electron chi connectivity index (χ0n) is 15.1. The highest BCUT2D eigenvalue weighted by Crippen LogP contribution is 2.38. The topological polar surface area (TPSA) is 70.5 Å². The monoisotopic (exact) mass is 392 g/mol. The van der Waals surface area contributed by atoms with Crippen LogP contribution in [0.15, 0.2) is 12.1 Å². The van der Waals surface area contributed by atoms with E-state index >= 15 is 0 Å². The molecule has 1 saturated heterocycles. The minimum atomic E-state index is -0.628. The number of hydrogen-bond acceptors (Lipinski definition) is 6. The first-order chi connectivity index (χ1) is 13.0. The Morgan fingerprint density at radius 1 is 1.33 bits per heavy atom. The SMILES string of the molecule is CN1CCC[C@@H](Nc2nnc(-c3c(O)cc(Cl)cc3F)c3c2CCOC3)C1. The van der Waals surface area contributed by atoms with Crippen molar-refractivity contribution in [3.05, 3.63) is 34.1 Å². The third-order valence-electron chi connectivity index (χ3n) is 5.17. The van der Waals surface area contributed by atoms with Gasteiger partial charge in [0.15, 0.2) is 5.82 Å². The molecule has 0 spiro atoms. The highest BCUT2D eigenvalue weighted by Gasteiger charge is 2.26. The van der Waals surface area contributed by atoms with Gasteiger partial charge in [-0.2, -0.15) is 0 Å². The Morgan fingerprint density at radius 2 is 2.19 bits per heavy atom. The molecule has 0 amide bonds. The Morgan fingerprint density at radius 3 is 2.96 bits per heavy atom.